The Labute approximate surface area is 96.2 Å². The Balaban J connectivity index is 1.98. The highest BCUT2D eigenvalue weighted by Crippen LogP contribution is 2.24. The van der Waals surface area contributed by atoms with Crippen molar-refractivity contribution in [3.05, 3.63) is 0 Å². The molecule has 2 N–H and O–H groups in total. The van der Waals surface area contributed by atoms with Crippen molar-refractivity contribution in [2.75, 3.05) is 33.5 Å². The Kier molecular flexibility index (Phi) is 6.37. The van der Waals surface area contributed by atoms with Gasteiger partial charge in [-0.2, -0.15) is 0 Å². The predicted octanol–water partition coefficient (Wildman–Crippen LogP) is 0.320. The predicted molar refractivity (Wildman–Crippen MR) is 59.0 cm³/mol. The van der Waals surface area contributed by atoms with E-state index in [1.807, 2.05) is 0 Å². The molecule has 1 aliphatic rings. The summed E-state index contributed by atoms with van der Waals surface area (Å²) >= 11 is 0. The zero-order valence-corrected chi connectivity index (χ0v) is 9.81. The van der Waals surface area contributed by atoms with E-state index in [4.69, 9.17) is 19.9 Å². The maximum absolute atomic E-state index is 11.5. The molecule has 0 spiro atoms. The van der Waals surface area contributed by atoms with Gasteiger partial charge in [0, 0.05) is 13.2 Å². The Hall–Kier alpha value is -0.650. The molecule has 0 aromatic rings. The maximum atomic E-state index is 11.5. The average Bonchev–Trinajstić information content (AvgIpc) is 2.70. The molecule has 0 saturated heterocycles. The van der Waals surface area contributed by atoms with Gasteiger partial charge in [0.2, 0.25) is 0 Å². The van der Waals surface area contributed by atoms with Crippen molar-refractivity contribution < 1.29 is 19.0 Å². The maximum Gasteiger partial charge on any atom is 0.309 e. The van der Waals surface area contributed by atoms with Crippen LogP contribution in [0.1, 0.15) is 19.3 Å². The topological polar surface area (TPSA) is 70.8 Å². The highest BCUT2D eigenvalue weighted by Gasteiger charge is 2.28. The molecule has 0 aromatic carbocycles. The number of esters is 1. The number of ether oxygens (including phenoxy) is 3. The summed E-state index contributed by atoms with van der Waals surface area (Å²) in [5.74, 6) is -0.141. The van der Waals surface area contributed by atoms with E-state index in [9.17, 15) is 4.79 Å². The van der Waals surface area contributed by atoms with E-state index < -0.39 is 0 Å². The summed E-state index contributed by atoms with van der Waals surface area (Å²) in [5, 5.41) is 0. The van der Waals surface area contributed by atoms with E-state index >= 15 is 0 Å². The van der Waals surface area contributed by atoms with Crippen LogP contribution in [-0.2, 0) is 19.0 Å². The molecule has 0 heterocycles. The zero-order valence-electron chi connectivity index (χ0n) is 9.81. The first kappa shape index (κ1) is 13.4. The Morgan fingerprint density at radius 3 is 2.62 bits per heavy atom. The Morgan fingerprint density at radius 2 is 2.00 bits per heavy atom. The summed E-state index contributed by atoms with van der Waals surface area (Å²) in [5.41, 5.74) is 5.73. The van der Waals surface area contributed by atoms with Crippen LogP contribution in [0.2, 0.25) is 0 Å². The lowest BCUT2D eigenvalue weighted by Crippen LogP contribution is -2.21. The van der Waals surface area contributed by atoms with E-state index in [2.05, 4.69) is 0 Å². The van der Waals surface area contributed by atoms with Crippen molar-refractivity contribution in [3.63, 3.8) is 0 Å². The summed E-state index contributed by atoms with van der Waals surface area (Å²) in [6.07, 6.45) is 2.53. The lowest BCUT2D eigenvalue weighted by Gasteiger charge is -2.10. The minimum absolute atomic E-state index is 0.00558. The first-order chi connectivity index (χ1) is 7.74. The van der Waals surface area contributed by atoms with E-state index in [0.717, 1.165) is 19.3 Å². The molecule has 0 aromatic heterocycles. The molecule has 2 unspecified atom stereocenters. The minimum Gasteiger partial charge on any atom is -0.463 e. The molecule has 5 heteroatoms. The van der Waals surface area contributed by atoms with Gasteiger partial charge in [-0.05, 0) is 19.3 Å². The van der Waals surface area contributed by atoms with Gasteiger partial charge in [0.05, 0.1) is 25.7 Å². The average molecular weight is 231 g/mol. The molecule has 1 rings (SSSR count). The van der Waals surface area contributed by atoms with E-state index in [1.165, 1.54) is 0 Å². The third-order valence-electron chi connectivity index (χ3n) is 2.71. The second-order valence-electron chi connectivity index (χ2n) is 4.04. The molecule has 5 nitrogen and oxygen atoms in total. The van der Waals surface area contributed by atoms with Crippen molar-refractivity contribution in [1.29, 1.82) is 0 Å². The van der Waals surface area contributed by atoms with Crippen molar-refractivity contribution in [3.8, 4) is 0 Å². The van der Waals surface area contributed by atoms with Crippen LogP contribution in [0.4, 0.5) is 0 Å². The lowest BCUT2D eigenvalue weighted by atomic mass is 10.1. The van der Waals surface area contributed by atoms with E-state index in [1.54, 1.807) is 7.11 Å². The molecule has 0 radical (unpaired) electrons. The van der Waals surface area contributed by atoms with E-state index in [-0.39, 0.29) is 17.9 Å². The number of nitrogens with two attached hydrogens (primary N) is 1. The molecule has 16 heavy (non-hydrogen) atoms. The SMILES string of the molecule is COCCOCCOC(=O)C1CCC(N)C1. The van der Waals surface area contributed by atoms with Crippen LogP contribution in [0.3, 0.4) is 0 Å². The number of hydrogen-bond donors (Lipinski definition) is 1. The third kappa shape index (κ3) is 4.92. The highest BCUT2D eigenvalue weighted by molar-refractivity contribution is 5.72. The van der Waals surface area contributed by atoms with Crippen LogP contribution in [0, 0.1) is 5.92 Å². The smallest absolute Gasteiger partial charge is 0.309 e. The summed E-state index contributed by atoms with van der Waals surface area (Å²) < 4.78 is 15.1. The lowest BCUT2D eigenvalue weighted by molar-refractivity contribution is -0.150. The number of carbonyl (C=O) groups is 1. The summed E-state index contributed by atoms with van der Waals surface area (Å²) in [6, 6.07) is 0.163. The molecule has 0 aliphatic heterocycles. The number of carbonyl (C=O) groups excluding carboxylic acids is 1. The molecule has 0 amide bonds. The van der Waals surface area contributed by atoms with Crippen molar-refractivity contribution >= 4 is 5.97 Å². The van der Waals surface area contributed by atoms with Gasteiger partial charge in [-0.3, -0.25) is 4.79 Å². The zero-order chi connectivity index (χ0) is 11.8. The largest absolute Gasteiger partial charge is 0.463 e. The standard InChI is InChI=1S/C11H21NO4/c1-14-4-5-15-6-7-16-11(13)9-2-3-10(12)8-9/h9-10H,2-8,12H2,1H3. The normalized spacial score (nSPS) is 24.6. The van der Waals surface area contributed by atoms with Crippen molar-refractivity contribution in [2.45, 2.75) is 25.3 Å². The molecule has 1 saturated carbocycles. The second-order valence-corrected chi connectivity index (χ2v) is 4.04. The second kappa shape index (κ2) is 7.60. The summed E-state index contributed by atoms with van der Waals surface area (Å²) in [6.45, 7) is 1.83. The Bertz CT molecular complexity index is 210. The monoisotopic (exact) mass is 231 g/mol. The highest BCUT2D eigenvalue weighted by atomic mass is 16.6. The molecule has 94 valence electrons. The van der Waals surface area contributed by atoms with Crippen LogP contribution >= 0.6 is 0 Å². The van der Waals surface area contributed by atoms with Gasteiger partial charge in [-0.15, -0.1) is 0 Å². The molecule has 0 bridgehead atoms. The van der Waals surface area contributed by atoms with Gasteiger partial charge in [0.1, 0.15) is 6.61 Å². The molecule has 1 aliphatic carbocycles. The first-order valence-electron chi connectivity index (χ1n) is 5.73. The number of methoxy groups -OCH3 is 1. The fraction of sp³-hybridized carbons (Fsp3) is 0.909. The van der Waals surface area contributed by atoms with Crippen LogP contribution in [-0.4, -0.2) is 45.5 Å². The van der Waals surface area contributed by atoms with E-state index in [0.29, 0.717) is 26.4 Å². The molecule has 2 atom stereocenters. The fourth-order valence-electron chi connectivity index (χ4n) is 1.79. The van der Waals surface area contributed by atoms with Gasteiger partial charge in [-0.25, -0.2) is 0 Å². The molecular formula is C11H21NO4. The molecule has 1 fully saturated rings. The van der Waals surface area contributed by atoms with Crippen molar-refractivity contribution in [1.82, 2.24) is 0 Å². The van der Waals surface area contributed by atoms with Gasteiger partial charge >= 0.3 is 5.97 Å². The van der Waals surface area contributed by atoms with Crippen molar-refractivity contribution in [2.24, 2.45) is 11.7 Å². The van der Waals surface area contributed by atoms with Gasteiger partial charge in [-0.1, -0.05) is 0 Å². The summed E-state index contributed by atoms with van der Waals surface area (Å²) in [4.78, 5) is 11.5. The quantitative estimate of drug-likeness (QED) is 0.504. The van der Waals surface area contributed by atoms with Crippen LogP contribution in [0.25, 0.3) is 0 Å². The summed E-state index contributed by atoms with van der Waals surface area (Å²) in [7, 11) is 1.62. The molecular weight excluding hydrogens is 210 g/mol. The minimum atomic E-state index is -0.136. The van der Waals surface area contributed by atoms with Crippen LogP contribution in [0.5, 0.6) is 0 Å². The third-order valence-corrected chi connectivity index (χ3v) is 2.71. The first-order valence-corrected chi connectivity index (χ1v) is 5.73. The van der Waals surface area contributed by atoms with Gasteiger partial charge in [0.15, 0.2) is 0 Å². The van der Waals surface area contributed by atoms with Gasteiger partial charge in [0.25, 0.3) is 0 Å². The Morgan fingerprint density at radius 1 is 1.25 bits per heavy atom. The fourth-order valence-corrected chi connectivity index (χ4v) is 1.79. The van der Waals surface area contributed by atoms with Crippen LogP contribution < -0.4 is 5.73 Å². The van der Waals surface area contributed by atoms with Gasteiger partial charge < -0.3 is 19.9 Å². The number of hydrogen-bond acceptors (Lipinski definition) is 5. The number of rotatable bonds is 7. The van der Waals surface area contributed by atoms with Crippen LogP contribution in [0.15, 0.2) is 0 Å².